The topological polar surface area (TPSA) is 58.6 Å². The summed E-state index contributed by atoms with van der Waals surface area (Å²) in [5.74, 6) is -3.25. The summed E-state index contributed by atoms with van der Waals surface area (Å²) in [6, 6.07) is 11.6. The molecule has 1 N–H and O–H groups in total. The molecule has 0 radical (unpaired) electrons. The Kier molecular flexibility index (Phi) is 6.07. The van der Waals surface area contributed by atoms with Gasteiger partial charge in [0.2, 0.25) is 11.8 Å². The van der Waals surface area contributed by atoms with Gasteiger partial charge in [-0.05, 0) is 18.2 Å². The van der Waals surface area contributed by atoms with Gasteiger partial charge in [0.05, 0.1) is 7.11 Å². The minimum atomic E-state index is -2.77. The molecule has 2 aromatic rings. The molecule has 0 saturated heterocycles. The summed E-state index contributed by atoms with van der Waals surface area (Å²) in [7, 11) is 1.49. The van der Waals surface area contributed by atoms with Crippen LogP contribution in [0.1, 0.15) is 31.4 Å². The van der Waals surface area contributed by atoms with Crippen LogP contribution in [0.25, 0.3) is 0 Å². The number of carbonyl (C=O) groups excluding carboxylic acids is 2. The molecule has 2 amide bonds. The first-order chi connectivity index (χ1) is 13.7. The Balaban J connectivity index is 2.01. The third kappa shape index (κ3) is 4.67. The van der Waals surface area contributed by atoms with Crippen LogP contribution in [0.5, 0.6) is 5.75 Å². The lowest BCUT2D eigenvalue weighted by molar-refractivity contribution is -0.132. The van der Waals surface area contributed by atoms with Crippen molar-refractivity contribution in [1.29, 1.82) is 0 Å². The minimum Gasteiger partial charge on any atom is -0.497 e. The van der Waals surface area contributed by atoms with Crippen LogP contribution in [0.3, 0.4) is 0 Å². The standard InChI is InChI=1S/C21H21ClF2N2O3/c1-13(27)26(15-6-5-7-16(10-15)29-2)19(17-8-3-4-9-18(17)22)20(28)25-14-11-21(23,24)12-14/h3-10,14,19H,11-12H2,1-2H3,(H,25,28). The maximum atomic E-state index is 13.2. The zero-order valence-corrected chi connectivity index (χ0v) is 16.7. The second-order valence-corrected chi connectivity index (χ2v) is 7.39. The summed E-state index contributed by atoms with van der Waals surface area (Å²) in [5, 5.41) is 2.92. The molecule has 0 bridgehead atoms. The first-order valence-corrected chi connectivity index (χ1v) is 9.46. The van der Waals surface area contributed by atoms with E-state index in [9.17, 15) is 18.4 Å². The predicted molar refractivity (Wildman–Crippen MR) is 106 cm³/mol. The smallest absolute Gasteiger partial charge is 0.252 e. The number of nitrogens with one attached hydrogen (secondary N) is 1. The molecular formula is C21H21ClF2N2O3. The molecule has 0 heterocycles. The number of amides is 2. The van der Waals surface area contributed by atoms with Crippen LogP contribution in [0, 0.1) is 0 Å². The quantitative estimate of drug-likeness (QED) is 0.752. The van der Waals surface area contributed by atoms with Gasteiger partial charge in [0.1, 0.15) is 11.8 Å². The lowest BCUT2D eigenvalue weighted by Gasteiger charge is -2.38. The Morgan fingerprint density at radius 2 is 1.90 bits per heavy atom. The van der Waals surface area contributed by atoms with Gasteiger partial charge in [0, 0.05) is 48.1 Å². The lowest BCUT2D eigenvalue weighted by Crippen LogP contribution is -2.54. The van der Waals surface area contributed by atoms with Crippen molar-refractivity contribution < 1.29 is 23.1 Å². The molecule has 29 heavy (non-hydrogen) atoms. The van der Waals surface area contributed by atoms with Crippen LogP contribution >= 0.6 is 11.6 Å². The molecule has 1 aliphatic rings. The summed E-state index contributed by atoms with van der Waals surface area (Å²) < 4.78 is 31.6. The highest BCUT2D eigenvalue weighted by Gasteiger charge is 2.47. The average molecular weight is 423 g/mol. The highest BCUT2D eigenvalue weighted by molar-refractivity contribution is 6.31. The summed E-state index contributed by atoms with van der Waals surface area (Å²) in [6.07, 6.45) is -0.847. The Morgan fingerprint density at radius 3 is 2.48 bits per heavy atom. The molecule has 0 spiro atoms. The van der Waals surface area contributed by atoms with Gasteiger partial charge >= 0.3 is 0 Å². The number of halogens is 3. The first-order valence-electron chi connectivity index (χ1n) is 9.08. The first kappa shape index (κ1) is 21.0. The van der Waals surface area contributed by atoms with Crippen LogP contribution in [0.2, 0.25) is 5.02 Å². The van der Waals surface area contributed by atoms with Gasteiger partial charge in [0.25, 0.3) is 5.92 Å². The van der Waals surface area contributed by atoms with E-state index < -0.39 is 42.7 Å². The Labute approximate surface area is 172 Å². The van der Waals surface area contributed by atoms with E-state index in [0.717, 1.165) is 0 Å². The van der Waals surface area contributed by atoms with E-state index in [4.69, 9.17) is 16.3 Å². The van der Waals surface area contributed by atoms with E-state index in [1.807, 2.05) is 0 Å². The lowest BCUT2D eigenvalue weighted by atomic mass is 9.87. The van der Waals surface area contributed by atoms with Gasteiger partial charge in [-0.25, -0.2) is 8.78 Å². The maximum absolute atomic E-state index is 13.2. The summed E-state index contributed by atoms with van der Waals surface area (Å²) in [4.78, 5) is 27.0. The number of carbonyl (C=O) groups is 2. The second-order valence-electron chi connectivity index (χ2n) is 6.98. The van der Waals surface area contributed by atoms with Crippen LogP contribution in [0.15, 0.2) is 48.5 Å². The highest BCUT2D eigenvalue weighted by Crippen LogP contribution is 2.39. The van der Waals surface area contributed by atoms with E-state index in [2.05, 4.69) is 5.32 Å². The van der Waals surface area contributed by atoms with E-state index in [1.165, 1.54) is 18.9 Å². The number of methoxy groups -OCH3 is 1. The van der Waals surface area contributed by atoms with Crippen molar-refractivity contribution in [1.82, 2.24) is 5.32 Å². The van der Waals surface area contributed by atoms with Gasteiger partial charge in [0.15, 0.2) is 0 Å². The van der Waals surface area contributed by atoms with Gasteiger partial charge < -0.3 is 10.1 Å². The zero-order chi connectivity index (χ0) is 21.2. The van der Waals surface area contributed by atoms with Crippen molar-refractivity contribution in [2.45, 2.75) is 37.8 Å². The maximum Gasteiger partial charge on any atom is 0.252 e. The Morgan fingerprint density at radius 1 is 1.21 bits per heavy atom. The molecule has 1 atom stereocenters. The predicted octanol–water partition coefficient (Wildman–Crippen LogP) is 4.36. The molecule has 154 valence electrons. The van der Waals surface area contributed by atoms with Crippen molar-refractivity contribution >= 4 is 29.1 Å². The van der Waals surface area contributed by atoms with Crippen molar-refractivity contribution in [2.24, 2.45) is 0 Å². The molecule has 1 aliphatic carbocycles. The van der Waals surface area contributed by atoms with Crippen molar-refractivity contribution in [2.75, 3.05) is 12.0 Å². The van der Waals surface area contributed by atoms with Gasteiger partial charge in [-0.3, -0.25) is 14.5 Å². The van der Waals surface area contributed by atoms with Gasteiger partial charge in [-0.15, -0.1) is 0 Å². The summed E-state index contributed by atoms with van der Waals surface area (Å²) in [6.45, 7) is 1.33. The van der Waals surface area contributed by atoms with Crippen LogP contribution < -0.4 is 15.0 Å². The second kappa shape index (κ2) is 8.37. The van der Waals surface area contributed by atoms with E-state index in [-0.39, 0.29) is 0 Å². The highest BCUT2D eigenvalue weighted by atomic mass is 35.5. The number of alkyl halides is 2. The molecule has 1 saturated carbocycles. The number of hydrogen-bond donors (Lipinski definition) is 1. The molecular weight excluding hydrogens is 402 g/mol. The molecule has 1 fully saturated rings. The van der Waals surface area contributed by atoms with Crippen LogP contribution in [-0.4, -0.2) is 30.9 Å². The van der Waals surface area contributed by atoms with Crippen LogP contribution in [-0.2, 0) is 9.59 Å². The van der Waals surface area contributed by atoms with Crippen molar-refractivity contribution in [3.63, 3.8) is 0 Å². The molecule has 0 aromatic heterocycles. The molecule has 1 unspecified atom stereocenters. The van der Waals surface area contributed by atoms with Crippen LogP contribution in [0.4, 0.5) is 14.5 Å². The molecule has 8 heteroatoms. The van der Waals surface area contributed by atoms with E-state index >= 15 is 0 Å². The number of anilines is 1. The monoisotopic (exact) mass is 422 g/mol. The molecule has 0 aliphatic heterocycles. The molecule has 3 rings (SSSR count). The minimum absolute atomic E-state index is 0.292. The summed E-state index contributed by atoms with van der Waals surface area (Å²) >= 11 is 6.32. The Hall–Kier alpha value is -2.67. The average Bonchev–Trinajstić information content (AvgIpc) is 2.65. The fourth-order valence-electron chi connectivity index (χ4n) is 3.41. The largest absolute Gasteiger partial charge is 0.497 e. The molecule has 5 nitrogen and oxygen atoms in total. The number of ether oxygens (including phenoxy) is 1. The SMILES string of the molecule is COc1cccc(N(C(C)=O)C(C(=O)NC2CC(F)(F)C2)c2ccccc2Cl)c1. The van der Waals surface area contributed by atoms with Gasteiger partial charge in [-0.1, -0.05) is 35.9 Å². The van der Waals surface area contributed by atoms with Crippen molar-refractivity contribution in [3.05, 3.63) is 59.1 Å². The third-order valence-corrected chi connectivity index (χ3v) is 5.16. The number of hydrogen-bond acceptors (Lipinski definition) is 3. The third-order valence-electron chi connectivity index (χ3n) is 4.81. The Bertz CT molecular complexity index is 914. The number of nitrogens with zero attached hydrogens (tertiary/aromatic N) is 1. The van der Waals surface area contributed by atoms with E-state index in [0.29, 0.717) is 22.0 Å². The van der Waals surface area contributed by atoms with Gasteiger partial charge in [-0.2, -0.15) is 0 Å². The fraction of sp³-hybridized carbons (Fsp3) is 0.333. The number of rotatable bonds is 6. The van der Waals surface area contributed by atoms with E-state index in [1.54, 1.807) is 48.5 Å². The summed E-state index contributed by atoms with van der Waals surface area (Å²) in [5.41, 5.74) is 0.826. The molecule has 2 aromatic carbocycles. The number of benzene rings is 2. The fourth-order valence-corrected chi connectivity index (χ4v) is 3.65. The zero-order valence-electron chi connectivity index (χ0n) is 16.0. The van der Waals surface area contributed by atoms with Crippen molar-refractivity contribution in [3.8, 4) is 5.75 Å². The normalized spacial score (nSPS) is 16.4.